The highest BCUT2D eigenvalue weighted by Crippen LogP contribution is 2.17. The fourth-order valence-electron chi connectivity index (χ4n) is 3.38. The second-order valence-electron chi connectivity index (χ2n) is 6.95. The highest BCUT2D eigenvalue weighted by Gasteiger charge is 2.17. The van der Waals surface area contributed by atoms with Crippen molar-refractivity contribution in [2.45, 2.75) is 20.3 Å². The summed E-state index contributed by atoms with van der Waals surface area (Å²) >= 11 is 0. The zero-order valence-electron chi connectivity index (χ0n) is 17.7. The Bertz CT molecular complexity index is 1060. The first-order chi connectivity index (χ1) is 14.6. The number of hydrogen-bond donors (Lipinski definition) is 1. The molecule has 1 aromatic heterocycles. The molecule has 1 heterocycles. The molecule has 7 heteroatoms. The summed E-state index contributed by atoms with van der Waals surface area (Å²) in [4.78, 5) is 28.2. The minimum absolute atomic E-state index is 0.240. The summed E-state index contributed by atoms with van der Waals surface area (Å²) < 4.78 is 6.45. The van der Waals surface area contributed by atoms with Crippen LogP contribution in [0.5, 0.6) is 5.75 Å². The molecule has 158 valence electrons. The summed E-state index contributed by atoms with van der Waals surface area (Å²) in [6.45, 7) is 7.70. The molecule has 0 aliphatic carbocycles. The molecule has 0 fully saturated rings. The Morgan fingerprint density at radius 2 is 1.73 bits per heavy atom. The van der Waals surface area contributed by atoms with E-state index in [1.165, 1.54) is 4.68 Å². The van der Waals surface area contributed by atoms with Crippen molar-refractivity contribution in [3.63, 3.8) is 0 Å². The first-order valence-corrected chi connectivity index (χ1v) is 10.3. The average Bonchev–Trinajstić information content (AvgIpc) is 2.79. The van der Waals surface area contributed by atoms with Gasteiger partial charge >= 0.3 is 0 Å². The van der Waals surface area contributed by atoms with Crippen LogP contribution in [0.3, 0.4) is 0 Å². The molecule has 0 saturated carbocycles. The Kier molecular flexibility index (Phi) is 7.19. The van der Waals surface area contributed by atoms with Gasteiger partial charge in [-0.3, -0.25) is 9.59 Å². The number of carbonyl (C=O) groups is 1. The lowest BCUT2D eigenvalue weighted by Crippen LogP contribution is -2.32. The van der Waals surface area contributed by atoms with E-state index in [0.29, 0.717) is 28.8 Å². The Labute approximate surface area is 176 Å². The Hall–Kier alpha value is -3.19. The minimum atomic E-state index is -0.284. The molecular weight excluding hydrogens is 380 g/mol. The van der Waals surface area contributed by atoms with Crippen molar-refractivity contribution in [1.29, 1.82) is 0 Å². The molecule has 2 aromatic carbocycles. The normalized spacial score (nSPS) is 11.1. The molecule has 30 heavy (non-hydrogen) atoms. The van der Waals surface area contributed by atoms with E-state index in [2.05, 4.69) is 29.2 Å². The van der Waals surface area contributed by atoms with E-state index in [4.69, 9.17) is 4.74 Å². The zero-order valence-corrected chi connectivity index (χ0v) is 17.7. The van der Waals surface area contributed by atoms with E-state index in [1.54, 1.807) is 55.6 Å². The molecule has 0 aliphatic rings. The Morgan fingerprint density at radius 1 is 1.07 bits per heavy atom. The van der Waals surface area contributed by atoms with Crippen LogP contribution in [0.4, 0.5) is 0 Å². The van der Waals surface area contributed by atoms with Crippen molar-refractivity contribution in [2.75, 3.05) is 33.3 Å². The third kappa shape index (κ3) is 4.68. The molecule has 1 N–H and O–H groups in total. The molecule has 0 atom stereocenters. The van der Waals surface area contributed by atoms with Crippen molar-refractivity contribution < 1.29 is 9.53 Å². The molecule has 0 radical (unpaired) electrons. The van der Waals surface area contributed by atoms with Crippen molar-refractivity contribution in [3.05, 3.63) is 64.6 Å². The van der Waals surface area contributed by atoms with Crippen molar-refractivity contribution in [3.8, 4) is 11.4 Å². The summed E-state index contributed by atoms with van der Waals surface area (Å²) in [7, 11) is 1.58. The second kappa shape index (κ2) is 10.0. The number of ether oxygens (including phenoxy) is 1. The highest BCUT2D eigenvalue weighted by atomic mass is 16.5. The van der Waals surface area contributed by atoms with E-state index in [-0.39, 0.29) is 17.2 Å². The van der Waals surface area contributed by atoms with Crippen LogP contribution in [0.25, 0.3) is 16.5 Å². The van der Waals surface area contributed by atoms with Gasteiger partial charge in [0, 0.05) is 11.9 Å². The molecule has 0 unspecified atom stereocenters. The largest absolute Gasteiger partial charge is 0.497 e. The number of amides is 1. The molecule has 0 bridgehead atoms. The summed E-state index contributed by atoms with van der Waals surface area (Å²) in [5.41, 5.74) is 0.542. The number of aromatic nitrogens is 2. The van der Waals surface area contributed by atoms with Crippen LogP contribution in [0, 0.1) is 0 Å². The van der Waals surface area contributed by atoms with Crippen LogP contribution in [-0.2, 0) is 0 Å². The van der Waals surface area contributed by atoms with Crippen molar-refractivity contribution in [1.82, 2.24) is 20.0 Å². The minimum Gasteiger partial charge on any atom is -0.497 e. The molecular formula is C23H28N4O3. The first-order valence-electron chi connectivity index (χ1n) is 10.3. The molecule has 1 amide bonds. The van der Waals surface area contributed by atoms with Crippen LogP contribution in [0.1, 0.15) is 30.8 Å². The number of carbonyl (C=O) groups excluding carboxylic acids is 1. The number of nitrogens with one attached hydrogen (secondary N) is 1. The van der Waals surface area contributed by atoms with E-state index in [0.717, 1.165) is 26.1 Å². The topological polar surface area (TPSA) is 76.5 Å². The van der Waals surface area contributed by atoms with Crippen LogP contribution < -0.4 is 15.6 Å². The summed E-state index contributed by atoms with van der Waals surface area (Å²) in [5, 5.41) is 8.37. The van der Waals surface area contributed by atoms with Crippen LogP contribution in [0.2, 0.25) is 0 Å². The van der Waals surface area contributed by atoms with Gasteiger partial charge in [-0.1, -0.05) is 32.0 Å². The number of nitrogens with zero attached hydrogens (tertiary/aromatic N) is 3. The SMILES string of the molecule is CCN(CC)CCCNC(=O)c1nn(-c2ccc(OC)cc2)c(=O)c2ccccc12. The maximum Gasteiger partial charge on any atom is 0.279 e. The lowest BCUT2D eigenvalue weighted by molar-refractivity contribution is 0.0947. The first kappa shape index (κ1) is 21.5. The molecule has 0 aliphatic heterocycles. The van der Waals surface area contributed by atoms with Crippen LogP contribution >= 0.6 is 0 Å². The van der Waals surface area contributed by atoms with Crippen LogP contribution in [-0.4, -0.2) is 53.9 Å². The van der Waals surface area contributed by atoms with Gasteiger partial charge in [0.25, 0.3) is 11.5 Å². The van der Waals surface area contributed by atoms with Gasteiger partial charge in [0.1, 0.15) is 5.75 Å². The molecule has 0 saturated heterocycles. The van der Waals surface area contributed by atoms with Crippen LogP contribution in [0.15, 0.2) is 53.3 Å². The Morgan fingerprint density at radius 3 is 2.37 bits per heavy atom. The quantitative estimate of drug-likeness (QED) is 0.551. The van der Waals surface area contributed by atoms with Crippen molar-refractivity contribution >= 4 is 16.7 Å². The third-order valence-corrected chi connectivity index (χ3v) is 5.17. The number of benzene rings is 2. The number of methoxy groups -OCH3 is 1. The van der Waals surface area contributed by atoms with E-state index >= 15 is 0 Å². The molecule has 0 spiro atoms. The maximum absolute atomic E-state index is 13.0. The Balaban J connectivity index is 1.90. The lowest BCUT2D eigenvalue weighted by atomic mass is 10.1. The average molecular weight is 409 g/mol. The third-order valence-electron chi connectivity index (χ3n) is 5.17. The second-order valence-corrected chi connectivity index (χ2v) is 6.95. The molecule has 3 rings (SSSR count). The standard InChI is InChI=1S/C23H28N4O3/c1-4-26(5-2)16-8-15-24-22(28)21-19-9-6-7-10-20(19)23(29)27(25-21)17-11-13-18(30-3)14-12-17/h6-7,9-14H,4-5,8,15-16H2,1-3H3,(H,24,28). The van der Waals surface area contributed by atoms with Gasteiger partial charge in [0.2, 0.25) is 0 Å². The lowest BCUT2D eigenvalue weighted by Gasteiger charge is -2.17. The summed E-state index contributed by atoms with van der Waals surface area (Å²) in [6, 6.07) is 14.1. The van der Waals surface area contributed by atoms with Gasteiger partial charge in [-0.15, -0.1) is 0 Å². The van der Waals surface area contributed by atoms with E-state index in [9.17, 15) is 9.59 Å². The molecule has 7 nitrogen and oxygen atoms in total. The van der Waals surface area contributed by atoms with Gasteiger partial charge in [0.05, 0.1) is 18.2 Å². The van der Waals surface area contributed by atoms with Gasteiger partial charge in [-0.05, 0) is 56.4 Å². The monoisotopic (exact) mass is 408 g/mol. The van der Waals surface area contributed by atoms with Gasteiger partial charge < -0.3 is 15.0 Å². The van der Waals surface area contributed by atoms with E-state index in [1.807, 2.05) is 0 Å². The van der Waals surface area contributed by atoms with Gasteiger partial charge in [-0.25, -0.2) is 0 Å². The highest BCUT2D eigenvalue weighted by molar-refractivity contribution is 6.04. The summed E-state index contributed by atoms with van der Waals surface area (Å²) in [6.07, 6.45) is 0.851. The van der Waals surface area contributed by atoms with Gasteiger partial charge in [0.15, 0.2) is 5.69 Å². The predicted octanol–water partition coefficient (Wildman–Crippen LogP) is 2.86. The summed E-state index contributed by atoms with van der Waals surface area (Å²) in [5.74, 6) is 0.395. The number of fused-ring (bicyclic) bond motifs is 1. The maximum atomic E-state index is 13.0. The van der Waals surface area contributed by atoms with Crippen molar-refractivity contribution in [2.24, 2.45) is 0 Å². The fraction of sp³-hybridized carbons (Fsp3) is 0.348. The fourth-order valence-corrected chi connectivity index (χ4v) is 3.38. The smallest absolute Gasteiger partial charge is 0.279 e. The predicted molar refractivity (Wildman–Crippen MR) is 119 cm³/mol. The molecule has 3 aromatic rings. The number of hydrogen-bond acceptors (Lipinski definition) is 5. The zero-order chi connectivity index (χ0) is 21.5. The van der Waals surface area contributed by atoms with Gasteiger partial charge in [-0.2, -0.15) is 9.78 Å². The number of rotatable bonds is 9. The van der Waals surface area contributed by atoms with E-state index < -0.39 is 0 Å².